The monoisotopic (exact) mass is 253 g/mol. The van der Waals surface area contributed by atoms with Crippen molar-refractivity contribution < 1.29 is 14.3 Å². The zero-order chi connectivity index (χ0) is 13.2. The van der Waals surface area contributed by atoms with Crippen molar-refractivity contribution in [2.75, 3.05) is 25.0 Å². The minimum atomic E-state index is -0.506. The highest BCUT2D eigenvalue weighted by atomic mass is 16.5. The fourth-order valence-electron chi connectivity index (χ4n) is 1.05. The van der Waals surface area contributed by atoms with Gasteiger partial charge in [-0.3, -0.25) is 10.3 Å². The number of hydrogen-bond acceptors (Lipinski definition) is 5. The Morgan fingerprint density at radius 1 is 1.28 bits per heavy atom. The van der Waals surface area contributed by atoms with Gasteiger partial charge in [0, 0.05) is 25.5 Å². The van der Waals surface area contributed by atoms with Crippen molar-refractivity contribution in [3.63, 3.8) is 0 Å². The fraction of sp³-hybridized carbons (Fsp3) is 0.400. The van der Waals surface area contributed by atoms with E-state index >= 15 is 0 Å². The Bertz CT molecular complexity index is 384. The molecule has 0 atom stereocenters. The van der Waals surface area contributed by atoms with Gasteiger partial charge >= 0.3 is 12.1 Å². The number of urea groups is 1. The Balaban J connectivity index is 2.12. The van der Waals surface area contributed by atoms with Gasteiger partial charge in [-0.05, 0) is 6.92 Å². The van der Waals surface area contributed by atoms with Gasteiger partial charge < -0.3 is 15.4 Å². The van der Waals surface area contributed by atoms with E-state index in [0.29, 0.717) is 12.4 Å². The molecule has 0 unspecified atom stereocenters. The smallest absolute Gasteiger partial charge is 0.407 e. The first kappa shape index (κ1) is 13.7. The molecule has 1 aromatic heterocycles. The first-order valence-corrected chi connectivity index (χ1v) is 5.44. The van der Waals surface area contributed by atoms with Crippen LogP contribution >= 0.6 is 0 Å². The van der Waals surface area contributed by atoms with Crippen LogP contribution in [0.4, 0.5) is 15.4 Å². The number of nitrogens with one attached hydrogen (secondary N) is 3. The summed E-state index contributed by atoms with van der Waals surface area (Å²) < 4.78 is 4.65. The molecule has 0 radical (unpaired) electrons. The predicted octanol–water partition coefficient (Wildman–Crippen LogP) is 0.344. The Morgan fingerprint density at radius 2 is 2.06 bits per heavy atom. The van der Waals surface area contributed by atoms with Crippen LogP contribution in [0.5, 0.6) is 0 Å². The van der Waals surface area contributed by atoms with Crippen LogP contribution in [0.2, 0.25) is 0 Å². The molecule has 3 amide bonds. The van der Waals surface area contributed by atoms with Crippen molar-refractivity contribution in [2.24, 2.45) is 0 Å². The molecule has 0 saturated carbocycles. The summed E-state index contributed by atoms with van der Waals surface area (Å²) in [6.07, 6.45) is 3.90. The number of amides is 3. The maximum atomic E-state index is 11.3. The minimum absolute atomic E-state index is 0.283. The van der Waals surface area contributed by atoms with Gasteiger partial charge in [0.05, 0.1) is 12.8 Å². The summed E-state index contributed by atoms with van der Waals surface area (Å²) in [5.41, 5.74) is 0. The quantitative estimate of drug-likeness (QED) is 0.656. The third-order valence-corrected chi connectivity index (χ3v) is 1.76. The molecule has 3 N–H and O–H groups in total. The number of nitrogens with zero attached hydrogens (tertiary/aromatic N) is 2. The molecule has 8 heteroatoms. The molecule has 0 aliphatic heterocycles. The highest BCUT2D eigenvalue weighted by molar-refractivity contribution is 5.87. The molecule has 98 valence electrons. The lowest BCUT2D eigenvalue weighted by molar-refractivity contribution is 0.152. The van der Waals surface area contributed by atoms with E-state index in [-0.39, 0.29) is 13.1 Å². The highest BCUT2D eigenvalue weighted by Gasteiger charge is 2.02. The number of ether oxygens (including phenoxy) is 1. The van der Waals surface area contributed by atoms with E-state index in [4.69, 9.17) is 0 Å². The van der Waals surface area contributed by atoms with E-state index in [9.17, 15) is 9.59 Å². The molecule has 8 nitrogen and oxygen atoms in total. The molecule has 0 spiro atoms. The van der Waals surface area contributed by atoms with Crippen molar-refractivity contribution in [1.82, 2.24) is 20.6 Å². The average Bonchev–Trinajstić information content (AvgIpc) is 2.36. The number of rotatable bonds is 5. The van der Waals surface area contributed by atoms with Crippen molar-refractivity contribution >= 4 is 17.9 Å². The summed E-state index contributed by atoms with van der Waals surface area (Å²) in [6, 6.07) is -0.416. The Hall–Kier alpha value is -2.38. The number of carbonyl (C=O) groups excluding carboxylic acids is 2. The summed E-state index contributed by atoms with van der Waals surface area (Å²) >= 11 is 0. The number of aromatic nitrogens is 2. The number of anilines is 1. The standard InChI is InChI=1S/C10H15N5O3/c1-2-18-10(17)14-6-5-13-9(16)15-8-7-11-3-4-12-8/h3-4,7H,2,5-6H2,1H3,(H,14,17)(H2,12,13,15,16). The molecule has 0 aliphatic rings. The van der Waals surface area contributed by atoms with Gasteiger partial charge in [-0.25, -0.2) is 14.6 Å². The highest BCUT2D eigenvalue weighted by Crippen LogP contribution is 1.95. The molecule has 0 aliphatic carbocycles. The Kier molecular flexibility index (Phi) is 5.95. The maximum absolute atomic E-state index is 11.3. The normalized spacial score (nSPS) is 9.39. The zero-order valence-electron chi connectivity index (χ0n) is 9.97. The molecule has 18 heavy (non-hydrogen) atoms. The first-order valence-electron chi connectivity index (χ1n) is 5.44. The zero-order valence-corrected chi connectivity index (χ0v) is 9.97. The molecular weight excluding hydrogens is 238 g/mol. The second kappa shape index (κ2) is 7.82. The Labute approximate surface area is 104 Å². The van der Waals surface area contributed by atoms with Crippen LogP contribution in [-0.2, 0) is 4.74 Å². The van der Waals surface area contributed by atoms with Gasteiger partial charge in [0.2, 0.25) is 0 Å². The lowest BCUT2D eigenvalue weighted by atomic mass is 10.6. The van der Waals surface area contributed by atoms with Crippen molar-refractivity contribution in [3.8, 4) is 0 Å². The van der Waals surface area contributed by atoms with Crippen LogP contribution in [-0.4, -0.2) is 41.8 Å². The summed E-state index contributed by atoms with van der Waals surface area (Å²) in [4.78, 5) is 29.9. The van der Waals surface area contributed by atoms with Crippen LogP contribution in [0.3, 0.4) is 0 Å². The SMILES string of the molecule is CCOC(=O)NCCNC(=O)Nc1cnccn1. The van der Waals surface area contributed by atoms with Gasteiger partial charge in [-0.2, -0.15) is 0 Å². The minimum Gasteiger partial charge on any atom is -0.450 e. The van der Waals surface area contributed by atoms with Gasteiger partial charge in [-0.15, -0.1) is 0 Å². The van der Waals surface area contributed by atoms with Gasteiger partial charge in [0.25, 0.3) is 0 Å². The van der Waals surface area contributed by atoms with Crippen LogP contribution in [0, 0.1) is 0 Å². The predicted molar refractivity (Wildman–Crippen MR) is 64.1 cm³/mol. The summed E-state index contributed by atoms with van der Waals surface area (Å²) in [5.74, 6) is 0.355. The van der Waals surface area contributed by atoms with Crippen LogP contribution in [0.25, 0.3) is 0 Å². The molecule has 1 rings (SSSR count). The topological polar surface area (TPSA) is 105 Å². The molecule has 0 fully saturated rings. The van der Waals surface area contributed by atoms with Gasteiger partial charge in [0.15, 0.2) is 5.82 Å². The summed E-state index contributed by atoms with van der Waals surface area (Å²) in [7, 11) is 0. The van der Waals surface area contributed by atoms with E-state index in [1.807, 2.05) is 0 Å². The molecule has 0 aromatic carbocycles. The average molecular weight is 253 g/mol. The third kappa shape index (κ3) is 5.64. The molecule has 0 bridgehead atoms. The molecular formula is C10H15N5O3. The second-order valence-electron chi connectivity index (χ2n) is 3.12. The van der Waals surface area contributed by atoms with E-state index in [2.05, 4.69) is 30.7 Å². The van der Waals surface area contributed by atoms with Crippen molar-refractivity contribution in [2.45, 2.75) is 6.92 Å². The summed E-state index contributed by atoms with van der Waals surface area (Å²) in [6.45, 7) is 2.59. The van der Waals surface area contributed by atoms with Gasteiger partial charge in [0.1, 0.15) is 0 Å². The van der Waals surface area contributed by atoms with Gasteiger partial charge in [-0.1, -0.05) is 0 Å². The summed E-state index contributed by atoms with van der Waals surface area (Å²) in [5, 5.41) is 7.50. The van der Waals surface area contributed by atoms with Crippen molar-refractivity contribution in [3.05, 3.63) is 18.6 Å². The maximum Gasteiger partial charge on any atom is 0.407 e. The number of carbonyl (C=O) groups is 2. The molecule has 1 aromatic rings. The first-order chi connectivity index (χ1) is 8.72. The Morgan fingerprint density at radius 3 is 2.72 bits per heavy atom. The molecule has 0 saturated heterocycles. The lowest BCUT2D eigenvalue weighted by Crippen LogP contribution is -2.37. The second-order valence-corrected chi connectivity index (χ2v) is 3.12. The van der Waals surface area contributed by atoms with E-state index in [1.54, 1.807) is 6.92 Å². The number of hydrogen-bond donors (Lipinski definition) is 3. The van der Waals surface area contributed by atoms with E-state index in [1.165, 1.54) is 18.6 Å². The van der Waals surface area contributed by atoms with Crippen LogP contribution in [0.15, 0.2) is 18.6 Å². The lowest BCUT2D eigenvalue weighted by Gasteiger charge is -2.07. The van der Waals surface area contributed by atoms with E-state index in [0.717, 1.165) is 0 Å². The van der Waals surface area contributed by atoms with E-state index < -0.39 is 12.1 Å². The molecule has 1 heterocycles. The fourth-order valence-corrected chi connectivity index (χ4v) is 1.05. The van der Waals surface area contributed by atoms with Crippen LogP contribution < -0.4 is 16.0 Å². The van der Waals surface area contributed by atoms with Crippen LogP contribution in [0.1, 0.15) is 6.92 Å². The largest absolute Gasteiger partial charge is 0.450 e. The third-order valence-electron chi connectivity index (χ3n) is 1.76. The van der Waals surface area contributed by atoms with Crippen molar-refractivity contribution in [1.29, 1.82) is 0 Å². The number of alkyl carbamates (subject to hydrolysis) is 1.